The second-order valence-corrected chi connectivity index (χ2v) is 8.52. The first kappa shape index (κ1) is 21.3. The zero-order chi connectivity index (χ0) is 21.6. The zero-order valence-electron chi connectivity index (χ0n) is 18.7. The predicted octanol–water partition coefficient (Wildman–Crippen LogP) is 3.64. The van der Waals surface area contributed by atoms with Gasteiger partial charge in [-0.05, 0) is 40.5 Å². The van der Waals surface area contributed by atoms with Crippen LogP contribution in [0.2, 0.25) is 0 Å². The number of anilines is 1. The van der Waals surface area contributed by atoms with Crippen molar-refractivity contribution in [1.29, 1.82) is 0 Å². The predicted molar refractivity (Wildman–Crippen MR) is 122 cm³/mol. The number of rotatable bonds is 8. The minimum absolute atomic E-state index is 0.207. The van der Waals surface area contributed by atoms with E-state index in [-0.39, 0.29) is 6.04 Å². The molecule has 3 aromatic rings. The highest BCUT2D eigenvalue weighted by Crippen LogP contribution is 2.32. The molecule has 0 saturated carbocycles. The van der Waals surface area contributed by atoms with Crippen LogP contribution in [0.25, 0.3) is 0 Å². The van der Waals surface area contributed by atoms with Gasteiger partial charge in [0.2, 0.25) is 0 Å². The molecule has 164 valence electrons. The molecule has 4 rings (SSSR count). The molecule has 1 atom stereocenters. The standard InChI is InChI=1S/C24H32N6O/c1-19(2)17-22(24-25-26-27-30(24)18-20-9-5-4-6-10-20)29-15-13-28(14-16-29)21-11-7-8-12-23(21)31-3/h4-12,19,22H,13-18H2,1-3H3/t22-/m1/s1. The van der Waals surface area contributed by atoms with Gasteiger partial charge in [-0.2, -0.15) is 0 Å². The van der Waals surface area contributed by atoms with Gasteiger partial charge in [-0.3, -0.25) is 4.90 Å². The van der Waals surface area contributed by atoms with Crippen molar-refractivity contribution in [2.24, 2.45) is 5.92 Å². The maximum atomic E-state index is 5.57. The lowest BCUT2D eigenvalue weighted by Crippen LogP contribution is -2.48. The van der Waals surface area contributed by atoms with Crippen LogP contribution in [-0.4, -0.2) is 58.4 Å². The molecular weight excluding hydrogens is 388 g/mol. The highest BCUT2D eigenvalue weighted by molar-refractivity contribution is 5.58. The first-order chi connectivity index (χ1) is 15.2. The van der Waals surface area contributed by atoms with Gasteiger partial charge in [-0.15, -0.1) is 5.10 Å². The van der Waals surface area contributed by atoms with E-state index in [1.165, 1.54) is 11.3 Å². The van der Waals surface area contributed by atoms with E-state index < -0.39 is 0 Å². The fourth-order valence-electron chi connectivity index (χ4n) is 4.35. The summed E-state index contributed by atoms with van der Waals surface area (Å²) in [5, 5.41) is 12.8. The SMILES string of the molecule is COc1ccccc1N1CCN([C@H](CC(C)C)c2nnnn2Cc2ccccc2)CC1. The van der Waals surface area contributed by atoms with E-state index in [9.17, 15) is 0 Å². The summed E-state index contributed by atoms with van der Waals surface area (Å²) in [6.07, 6.45) is 1.03. The zero-order valence-corrected chi connectivity index (χ0v) is 18.7. The summed E-state index contributed by atoms with van der Waals surface area (Å²) in [7, 11) is 1.74. The van der Waals surface area contributed by atoms with Gasteiger partial charge in [0.1, 0.15) is 5.75 Å². The van der Waals surface area contributed by atoms with Crippen LogP contribution in [0.1, 0.15) is 37.7 Å². The van der Waals surface area contributed by atoms with E-state index in [0.717, 1.165) is 44.2 Å². The molecule has 1 aliphatic rings. The van der Waals surface area contributed by atoms with Crippen molar-refractivity contribution in [2.45, 2.75) is 32.9 Å². The summed E-state index contributed by atoms with van der Waals surface area (Å²) < 4.78 is 7.54. The topological polar surface area (TPSA) is 59.3 Å². The number of hydrogen-bond acceptors (Lipinski definition) is 6. The van der Waals surface area contributed by atoms with E-state index >= 15 is 0 Å². The third-order valence-electron chi connectivity index (χ3n) is 5.91. The first-order valence-electron chi connectivity index (χ1n) is 11.1. The molecule has 0 N–H and O–H groups in total. The van der Waals surface area contributed by atoms with Gasteiger partial charge in [-0.1, -0.05) is 56.3 Å². The maximum absolute atomic E-state index is 5.57. The van der Waals surface area contributed by atoms with Crippen molar-refractivity contribution in [1.82, 2.24) is 25.1 Å². The molecule has 1 saturated heterocycles. The van der Waals surface area contributed by atoms with E-state index in [0.29, 0.717) is 12.5 Å². The number of benzene rings is 2. The van der Waals surface area contributed by atoms with Crippen LogP contribution in [0.4, 0.5) is 5.69 Å². The van der Waals surface area contributed by atoms with Gasteiger partial charge < -0.3 is 9.64 Å². The van der Waals surface area contributed by atoms with Gasteiger partial charge >= 0.3 is 0 Å². The normalized spacial score (nSPS) is 15.9. The Hall–Kier alpha value is -2.93. The van der Waals surface area contributed by atoms with E-state index in [1.54, 1.807) is 7.11 Å². The summed E-state index contributed by atoms with van der Waals surface area (Å²) in [5.41, 5.74) is 2.37. The summed E-state index contributed by atoms with van der Waals surface area (Å²) in [6, 6.07) is 18.9. The van der Waals surface area contributed by atoms with Crippen LogP contribution in [0.15, 0.2) is 54.6 Å². The number of piperazine rings is 1. The molecule has 31 heavy (non-hydrogen) atoms. The number of tetrazole rings is 1. The lowest BCUT2D eigenvalue weighted by molar-refractivity contribution is 0.153. The lowest BCUT2D eigenvalue weighted by atomic mass is 10.0. The Kier molecular flexibility index (Phi) is 6.82. The largest absolute Gasteiger partial charge is 0.495 e. The van der Waals surface area contributed by atoms with Crippen LogP contribution in [-0.2, 0) is 6.54 Å². The lowest BCUT2D eigenvalue weighted by Gasteiger charge is -2.40. The smallest absolute Gasteiger partial charge is 0.168 e. The van der Waals surface area contributed by atoms with Crippen molar-refractivity contribution >= 4 is 5.69 Å². The number of aromatic nitrogens is 4. The molecule has 7 nitrogen and oxygen atoms in total. The van der Waals surface area contributed by atoms with Gasteiger partial charge in [0, 0.05) is 26.2 Å². The van der Waals surface area contributed by atoms with Gasteiger partial charge in [0.15, 0.2) is 5.82 Å². The Morgan fingerprint density at radius 2 is 1.65 bits per heavy atom. The van der Waals surface area contributed by atoms with Crippen molar-refractivity contribution in [2.75, 3.05) is 38.2 Å². The molecular formula is C24H32N6O. The van der Waals surface area contributed by atoms with Crippen molar-refractivity contribution in [3.05, 3.63) is 66.0 Å². The number of nitrogens with zero attached hydrogens (tertiary/aromatic N) is 6. The van der Waals surface area contributed by atoms with E-state index in [2.05, 4.69) is 75.6 Å². The third-order valence-corrected chi connectivity index (χ3v) is 5.91. The van der Waals surface area contributed by atoms with Crippen molar-refractivity contribution in [3.8, 4) is 5.75 Å². The van der Waals surface area contributed by atoms with Crippen LogP contribution < -0.4 is 9.64 Å². The number of ether oxygens (including phenoxy) is 1. The molecule has 7 heteroatoms. The highest BCUT2D eigenvalue weighted by Gasteiger charge is 2.30. The monoisotopic (exact) mass is 420 g/mol. The molecule has 0 radical (unpaired) electrons. The fraction of sp³-hybridized carbons (Fsp3) is 0.458. The average Bonchev–Trinajstić information content (AvgIpc) is 3.26. The number of hydrogen-bond donors (Lipinski definition) is 0. The summed E-state index contributed by atoms with van der Waals surface area (Å²) in [6.45, 7) is 9.07. The number of para-hydroxylation sites is 2. The fourth-order valence-corrected chi connectivity index (χ4v) is 4.35. The van der Waals surface area contributed by atoms with Crippen LogP contribution in [0.5, 0.6) is 5.75 Å². The molecule has 2 heterocycles. The van der Waals surface area contributed by atoms with Gasteiger partial charge in [0.25, 0.3) is 0 Å². The first-order valence-corrected chi connectivity index (χ1v) is 11.1. The van der Waals surface area contributed by atoms with E-state index in [1.807, 2.05) is 22.9 Å². The van der Waals surface area contributed by atoms with Gasteiger partial charge in [0.05, 0.1) is 25.4 Å². The van der Waals surface area contributed by atoms with E-state index in [4.69, 9.17) is 4.74 Å². The summed E-state index contributed by atoms with van der Waals surface area (Å²) in [5.74, 6) is 2.45. The Morgan fingerprint density at radius 1 is 0.935 bits per heavy atom. The van der Waals surface area contributed by atoms with Crippen LogP contribution >= 0.6 is 0 Å². The van der Waals surface area contributed by atoms with Crippen molar-refractivity contribution in [3.63, 3.8) is 0 Å². The summed E-state index contributed by atoms with van der Waals surface area (Å²) in [4.78, 5) is 4.95. The highest BCUT2D eigenvalue weighted by atomic mass is 16.5. The molecule has 0 spiro atoms. The van der Waals surface area contributed by atoms with Crippen LogP contribution in [0.3, 0.4) is 0 Å². The Bertz CT molecular complexity index is 949. The molecule has 1 aliphatic heterocycles. The minimum Gasteiger partial charge on any atom is -0.495 e. The third kappa shape index (κ3) is 5.05. The molecule has 1 fully saturated rings. The Morgan fingerprint density at radius 3 is 2.35 bits per heavy atom. The molecule has 0 amide bonds. The van der Waals surface area contributed by atoms with Crippen molar-refractivity contribution < 1.29 is 4.74 Å². The molecule has 0 aliphatic carbocycles. The Labute approximate surface area is 184 Å². The quantitative estimate of drug-likeness (QED) is 0.555. The number of methoxy groups -OCH3 is 1. The minimum atomic E-state index is 0.207. The molecule has 0 unspecified atom stereocenters. The van der Waals surface area contributed by atoms with Gasteiger partial charge in [-0.25, -0.2) is 4.68 Å². The second kappa shape index (κ2) is 9.92. The molecule has 1 aromatic heterocycles. The maximum Gasteiger partial charge on any atom is 0.168 e. The molecule has 2 aromatic carbocycles. The summed E-state index contributed by atoms with van der Waals surface area (Å²) >= 11 is 0. The average molecular weight is 421 g/mol. The van der Waals surface area contributed by atoms with Crippen LogP contribution in [0, 0.1) is 5.92 Å². The second-order valence-electron chi connectivity index (χ2n) is 8.52. The Balaban J connectivity index is 1.50. The molecule has 0 bridgehead atoms.